The largest absolute Gasteiger partial charge is 0.381 e. The van der Waals surface area contributed by atoms with Gasteiger partial charge in [-0.1, -0.05) is 29.8 Å². The van der Waals surface area contributed by atoms with E-state index in [0.717, 1.165) is 44.5 Å². The highest BCUT2D eigenvalue weighted by molar-refractivity contribution is 5.83. The maximum absolute atomic E-state index is 12.6. The predicted octanol–water partition coefficient (Wildman–Crippen LogP) is 3.08. The van der Waals surface area contributed by atoms with E-state index in [1.165, 1.54) is 5.56 Å². The second kappa shape index (κ2) is 6.29. The minimum atomic E-state index is -0.0932. The number of rotatable bonds is 3. The van der Waals surface area contributed by atoms with Crippen molar-refractivity contribution in [3.05, 3.63) is 35.4 Å². The van der Waals surface area contributed by atoms with Gasteiger partial charge in [0.2, 0.25) is 0 Å². The van der Waals surface area contributed by atoms with Gasteiger partial charge in [0.05, 0.1) is 5.60 Å². The number of carbonyl (C=O) groups excluding carboxylic acids is 1. The lowest BCUT2D eigenvalue weighted by molar-refractivity contribution is -0.156. The Labute approximate surface area is 126 Å². The average Bonchev–Trinajstić information content (AvgIpc) is 2.50. The molecular formula is C18H24O3. The number of Topliss-reactive ketones (excluding diaryl/α,β-unsaturated/α-hetero) is 1. The van der Waals surface area contributed by atoms with Crippen molar-refractivity contribution in [2.75, 3.05) is 19.8 Å². The molecule has 3 nitrogen and oxygen atoms in total. The molecule has 1 aromatic carbocycles. The monoisotopic (exact) mass is 288 g/mol. The van der Waals surface area contributed by atoms with E-state index in [4.69, 9.17) is 9.47 Å². The summed E-state index contributed by atoms with van der Waals surface area (Å²) in [5.41, 5.74) is 2.26. The van der Waals surface area contributed by atoms with Crippen LogP contribution >= 0.6 is 0 Å². The van der Waals surface area contributed by atoms with Crippen LogP contribution in [0.2, 0.25) is 0 Å². The molecule has 2 aliphatic rings. The maximum Gasteiger partial charge on any atom is 0.140 e. The van der Waals surface area contributed by atoms with E-state index in [0.29, 0.717) is 18.8 Å². The van der Waals surface area contributed by atoms with Crippen LogP contribution in [0.5, 0.6) is 0 Å². The molecule has 0 aromatic heterocycles. The summed E-state index contributed by atoms with van der Waals surface area (Å²) < 4.78 is 11.5. The molecule has 2 aliphatic heterocycles. The van der Waals surface area contributed by atoms with Gasteiger partial charge in [-0.2, -0.15) is 0 Å². The fourth-order valence-corrected chi connectivity index (χ4v) is 3.45. The molecule has 1 spiro atoms. The third-order valence-corrected chi connectivity index (χ3v) is 4.85. The van der Waals surface area contributed by atoms with Crippen molar-refractivity contribution in [1.82, 2.24) is 0 Å². The summed E-state index contributed by atoms with van der Waals surface area (Å²) in [6.45, 7) is 4.31. The minimum absolute atomic E-state index is 0.0932. The van der Waals surface area contributed by atoms with Crippen LogP contribution in [-0.4, -0.2) is 31.2 Å². The van der Waals surface area contributed by atoms with Crippen LogP contribution in [0.1, 0.15) is 36.8 Å². The van der Waals surface area contributed by atoms with Crippen molar-refractivity contribution >= 4 is 5.78 Å². The van der Waals surface area contributed by atoms with E-state index in [2.05, 4.69) is 31.2 Å². The summed E-state index contributed by atoms with van der Waals surface area (Å²) in [5.74, 6) is 0.520. The molecule has 3 rings (SSSR count). The zero-order chi connectivity index (χ0) is 14.7. The second-order valence-electron chi connectivity index (χ2n) is 6.46. The Morgan fingerprint density at radius 1 is 1.19 bits per heavy atom. The van der Waals surface area contributed by atoms with E-state index in [9.17, 15) is 4.79 Å². The summed E-state index contributed by atoms with van der Waals surface area (Å²) in [4.78, 5) is 12.6. The van der Waals surface area contributed by atoms with Gasteiger partial charge in [0.25, 0.3) is 0 Å². The first-order valence-electron chi connectivity index (χ1n) is 7.97. The highest BCUT2D eigenvalue weighted by Gasteiger charge is 2.40. The third kappa shape index (κ3) is 3.53. The zero-order valence-electron chi connectivity index (χ0n) is 12.8. The lowest BCUT2D eigenvalue weighted by Crippen LogP contribution is -2.46. The molecule has 1 atom stereocenters. The normalized spacial score (nSPS) is 24.9. The quantitative estimate of drug-likeness (QED) is 0.857. The Balaban J connectivity index is 1.62. The number of carbonyl (C=O) groups is 1. The second-order valence-corrected chi connectivity index (χ2v) is 6.46. The maximum atomic E-state index is 12.6. The lowest BCUT2D eigenvalue weighted by atomic mass is 9.78. The Kier molecular flexibility index (Phi) is 4.41. The van der Waals surface area contributed by atoms with Crippen LogP contribution < -0.4 is 0 Å². The van der Waals surface area contributed by atoms with E-state index in [1.807, 2.05) is 0 Å². The van der Waals surface area contributed by atoms with Gasteiger partial charge in [-0.15, -0.1) is 0 Å². The molecule has 0 aliphatic carbocycles. The SMILES string of the molecule is Cc1ccc(CC(=O)C2CCOC3(CCOCC3)C2)cc1. The summed E-state index contributed by atoms with van der Waals surface area (Å²) in [6.07, 6.45) is 4.16. The summed E-state index contributed by atoms with van der Waals surface area (Å²) >= 11 is 0. The fraction of sp³-hybridized carbons (Fsp3) is 0.611. The third-order valence-electron chi connectivity index (χ3n) is 4.85. The smallest absolute Gasteiger partial charge is 0.140 e. The molecule has 3 heteroatoms. The number of hydrogen-bond acceptors (Lipinski definition) is 3. The van der Waals surface area contributed by atoms with Crippen molar-refractivity contribution in [3.8, 4) is 0 Å². The zero-order valence-corrected chi connectivity index (χ0v) is 12.8. The van der Waals surface area contributed by atoms with Gasteiger partial charge in [0.15, 0.2) is 0 Å². The molecule has 0 radical (unpaired) electrons. The van der Waals surface area contributed by atoms with E-state index < -0.39 is 0 Å². The van der Waals surface area contributed by atoms with Gasteiger partial charge in [-0.05, 0) is 38.2 Å². The summed E-state index contributed by atoms with van der Waals surface area (Å²) in [7, 11) is 0. The van der Waals surface area contributed by atoms with Crippen LogP contribution in [0.15, 0.2) is 24.3 Å². The van der Waals surface area contributed by atoms with Gasteiger partial charge in [0, 0.05) is 32.2 Å². The minimum Gasteiger partial charge on any atom is -0.381 e. The lowest BCUT2D eigenvalue weighted by Gasteiger charge is -2.43. The molecular weight excluding hydrogens is 264 g/mol. The first kappa shape index (κ1) is 14.7. The average molecular weight is 288 g/mol. The molecule has 0 amide bonds. The summed E-state index contributed by atoms with van der Waals surface area (Å²) in [6, 6.07) is 8.28. The van der Waals surface area contributed by atoms with E-state index in [-0.39, 0.29) is 11.5 Å². The molecule has 2 saturated heterocycles. The molecule has 1 unspecified atom stereocenters. The van der Waals surface area contributed by atoms with E-state index >= 15 is 0 Å². The molecule has 0 bridgehead atoms. The first-order valence-corrected chi connectivity index (χ1v) is 7.97. The Bertz CT molecular complexity index is 480. The van der Waals surface area contributed by atoms with Crippen molar-refractivity contribution in [2.24, 2.45) is 5.92 Å². The topological polar surface area (TPSA) is 35.5 Å². The van der Waals surface area contributed by atoms with Crippen molar-refractivity contribution in [1.29, 1.82) is 0 Å². The van der Waals surface area contributed by atoms with E-state index in [1.54, 1.807) is 0 Å². The van der Waals surface area contributed by atoms with Crippen LogP contribution in [0.4, 0.5) is 0 Å². The Morgan fingerprint density at radius 3 is 2.62 bits per heavy atom. The van der Waals surface area contributed by atoms with Crippen molar-refractivity contribution < 1.29 is 14.3 Å². The number of hydrogen-bond donors (Lipinski definition) is 0. The van der Waals surface area contributed by atoms with Crippen LogP contribution in [0.3, 0.4) is 0 Å². The van der Waals surface area contributed by atoms with Gasteiger partial charge in [-0.25, -0.2) is 0 Å². The number of benzene rings is 1. The number of ether oxygens (including phenoxy) is 2. The molecule has 1 aromatic rings. The van der Waals surface area contributed by atoms with Gasteiger partial charge in [0.1, 0.15) is 5.78 Å². The molecule has 0 N–H and O–H groups in total. The Morgan fingerprint density at radius 2 is 1.90 bits per heavy atom. The number of aryl methyl sites for hydroxylation is 1. The highest BCUT2D eigenvalue weighted by atomic mass is 16.5. The fourth-order valence-electron chi connectivity index (χ4n) is 3.45. The number of ketones is 1. The molecule has 0 saturated carbocycles. The predicted molar refractivity (Wildman–Crippen MR) is 81.4 cm³/mol. The molecule has 21 heavy (non-hydrogen) atoms. The van der Waals surface area contributed by atoms with Crippen molar-refractivity contribution in [2.45, 2.75) is 44.6 Å². The highest BCUT2D eigenvalue weighted by Crippen LogP contribution is 2.37. The van der Waals surface area contributed by atoms with Crippen molar-refractivity contribution in [3.63, 3.8) is 0 Å². The van der Waals surface area contributed by atoms with Crippen LogP contribution in [0.25, 0.3) is 0 Å². The van der Waals surface area contributed by atoms with Gasteiger partial charge >= 0.3 is 0 Å². The van der Waals surface area contributed by atoms with Crippen LogP contribution in [0, 0.1) is 12.8 Å². The van der Waals surface area contributed by atoms with Crippen LogP contribution in [-0.2, 0) is 20.7 Å². The summed E-state index contributed by atoms with van der Waals surface area (Å²) in [5, 5.41) is 0. The molecule has 2 fully saturated rings. The molecule has 2 heterocycles. The molecule has 114 valence electrons. The van der Waals surface area contributed by atoms with Gasteiger partial charge in [-0.3, -0.25) is 4.79 Å². The first-order chi connectivity index (χ1) is 10.2. The van der Waals surface area contributed by atoms with Gasteiger partial charge < -0.3 is 9.47 Å². The standard InChI is InChI=1S/C18H24O3/c1-14-2-4-15(5-3-14)12-17(19)16-6-9-21-18(13-16)7-10-20-11-8-18/h2-5,16H,6-13H2,1H3. The Hall–Kier alpha value is -1.19.